The minimum atomic E-state index is -0.264. The summed E-state index contributed by atoms with van der Waals surface area (Å²) in [4.78, 5) is 19.2. The van der Waals surface area contributed by atoms with Crippen molar-refractivity contribution in [2.24, 2.45) is 0 Å². The van der Waals surface area contributed by atoms with Crippen LogP contribution >= 0.6 is 22.9 Å². The Morgan fingerprint density at radius 3 is 3.07 bits per heavy atom. The highest BCUT2D eigenvalue weighted by molar-refractivity contribution is 7.09. The molecule has 0 saturated heterocycles. The maximum Gasteiger partial charge on any atom is 0.347 e. The molecule has 0 atom stereocenters. The number of hydrogen-bond acceptors (Lipinski definition) is 4. The van der Waals surface area contributed by atoms with E-state index in [4.69, 9.17) is 11.6 Å². The van der Waals surface area contributed by atoms with Crippen LogP contribution in [0.5, 0.6) is 0 Å². The van der Waals surface area contributed by atoms with Crippen molar-refractivity contribution >= 4 is 22.9 Å². The molecular weight excluding hydrogens is 234 g/mol. The molecule has 0 spiro atoms. The van der Waals surface area contributed by atoms with Crippen LogP contribution < -0.4 is 5.69 Å². The van der Waals surface area contributed by atoms with Crippen LogP contribution in [0.25, 0.3) is 0 Å². The minimum absolute atomic E-state index is 0.264. The molecule has 0 aliphatic carbocycles. The summed E-state index contributed by atoms with van der Waals surface area (Å²) in [5.74, 6) is 0.401. The van der Waals surface area contributed by atoms with Crippen molar-refractivity contribution in [2.45, 2.75) is 12.4 Å². The Labute approximate surface area is 95.2 Å². The maximum atomic E-state index is 11.3. The van der Waals surface area contributed by atoms with Gasteiger partial charge in [-0.3, -0.25) is 4.57 Å². The van der Waals surface area contributed by atoms with Gasteiger partial charge in [0.25, 0.3) is 0 Å². The van der Waals surface area contributed by atoms with E-state index in [1.165, 1.54) is 22.1 Å². The fourth-order valence-electron chi connectivity index (χ4n) is 1.14. The highest BCUT2D eigenvalue weighted by Gasteiger charge is 2.02. The normalized spacial score (nSPS) is 10.5. The molecule has 2 aromatic heterocycles. The summed E-state index contributed by atoms with van der Waals surface area (Å²) < 4.78 is 1.51. The minimum Gasteiger partial charge on any atom is -0.292 e. The zero-order valence-corrected chi connectivity index (χ0v) is 9.33. The van der Waals surface area contributed by atoms with Gasteiger partial charge in [0, 0.05) is 17.8 Å². The Kier molecular flexibility index (Phi) is 3.13. The van der Waals surface area contributed by atoms with Gasteiger partial charge in [-0.05, 0) is 6.07 Å². The fourth-order valence-corrected chi connectivity index (χ4v) is 2.16. The van der Waals surface area contributed by atoms with E-state index >= 15 is 0 Å². The van der Waals surface area contributed by atoms with Gasteiger partial charge in [-0.15, -0.1) is 22.9 Å². The van der Waals surface area contributed by atoms with Gasteiger partial charge in [0.1, 0.15) is 5.01 Å². The number of aromatic nitrogens is 3. The van der Waals surface area contributed by atoms with Crippen molar-refractivity contribution in [3.8, 4) is 0 Å². The molecule has 0 saturated carbocycles. The summed E-state index contributed by atoms with van der Waals surface area (Å²) >= 11 is 7.13. The molecule has 0 N–H and O–H groups in total. The van der Waals surface area contributed by atoms with Gasteiger partial charge in [-0.1, -0.05) is 0 Å². The number of halogens is 1. The molecule has 6 heteroatoms. The number of hydrogen-bond donors (Lipinski definition) is 0. The first-order valence-electron chi connectivity index (χ1n) is 4.30. The summed E-state index contributed by atoms with van der Waals surface area (Å²) in [6.07, 6.45) is 3.17. The Balaban J connectivity index is 2.22. The Hall–Kier alpha value is -1.20. The second kappa shape index (κ2) is 4.55. The topological polar surface area (TPSA) is 47.8 Å². The molecule has 2 rings (SSSR count). The molecule has 15 heavy (non-hydrogen) atoms. The average molecular weight is 242 g/mol. The molecule has 0 unspecified atom stereocenters. The predicted molar refractivity (Wildman–Crippen MR) is 59.3 cm³/mol. The van der Waals surface area contributed by atoms with Crippen molar-refractivity contribution in [1.82, 2.24) is 14.5 Å². The third-order valence-corrected chi connectivity index (χ3v) is 2.98. The van der Waals surface area contributed by atoms with E-state index in [0.717, 1.165) is 10.7 Å². The number of alkyl halides is 1. The van der Waals surface area contributed by atoms with Gasteiger partial charge in [-0.25, -0.2) is 14.8 Å². The van der Waals surface area contributed by atoms with Crippen LogP contribution in [0.2, 0.25) is 0 Å². The van der Waals surface area contributed by atoms with E-state index in [2.05, 4.69) is 9.97 Å². The first-order valence-corrected chi connectivity index (χ1v) is 5.71. The summed E-state index contributed by atoms with van der Waals surface area (Å²) in [5, 5.41) is 2.75. The molecule has 0 fully saturated rings. The van der Waals surface area contributed by atoms with Crippen LogP contribution in [-0.4, -0.2) is 14.5 Å². The maximum absolute atomic E-state index is 11.3. The molecule has 0 aromatic carbocycles. The SMILES string of the molecule is O=c1ncccn1Cc1nc(CCl)cs1. The molecule has 0 bridgehead atoms. The van der Waals surface area contributed by atoms with Gasteiger partial charge in [-0.2, -0.15) is 0 Å². The van der Waals surface area contributed by atoms with Gasteiger partial charge in [0.15, 0.2) is 0 Å². The van der Waals surface area contributed by atoms with Crippen molar-refractivity contribution in [3.05, 3.63) is 45.0 Å². The fraction of sp³-hybridized carbons (Fsp3) is 0.222. The third-order valence-electron chi connectivity index (χ3n) is 1.82. The predicted octanol–water partition coefficient (Wildman–Crippen LogP) is 1.49. The van der Waals surface area contributed by atoms with Crippen molar-refractivity contribution < 1.29 is 0 Å². The summed E-state index contributed by atoms with van der Waals surface area (Å²) in [5.41, 5.74) is 0.578. The highest BCUT2D eigenvalue weighted by atomic mass is 35.5. The van der Waals surface area contributed by atoms with Crippen LogP contribution in [-0.2, 0) is 12.4 Å². The van der Waals surface area contributed by atoms with Gasteiger partial charge in [0.05, 0.1) is 18.1 Å². The van der Waals surface area contributed by atoms with Crippen LogP contribution in [0.15, 0.2) is 28.6 Å². The zero-order valence-electron chi connectivity index (χ0n) is 7.76. The molecule has 2 heterocycles. The highest BCUT2D eigenvalue weighted by Crippen LogP contribution is 2.11. The van der Waals surface area contributed by atoms with Crippen LogP contribution in [0, 0.1) is 0 Å². The second-order valence-electron chi connectivity index (χ2n) is 2.90. The summed E-state index contributed by atoms with van der Waals surface area (Å²) in [6, 6.07) is 1.72. The molecule has 4 nitrogen and oxygen atoms in total. The molecule has 0 aliphatic heterocycles. The van der Waals surface area contributed by atoms with Crippen LogP contribution in [0.4, 0.5) is 0 Å². The molecule has 0 radical (unpaired) electrons. The second-order valence-corrected chi connectivity index (χ2v) is 4.11. The van der Waals surface area contributed by atoms with E-state index in [1.807, 2.05) is 5.38 Å². The number of thiazole rings is 1. The van der Waals surface area contributed by atoms with Gasteiger partial charge < -0.3 is 0 Å². The molecule has 0 aliphatic rings. The summed E-state index contributed by atoms with van der Waals surface area (Å²) in [6.45, 7) is 0.453. The zero-order chi connectivity index (χ0) is 10.7. The van der Waals surface area contributed by atoms with E-state index in [9.17, 15) is 4.79 Å². The van der Waals surface area contributed by atoms with Crippen molar-refractivity contribution in [1.29, 1.82) is 0 Å². The first-order chi connectivity index (χ1) is 7.29. The van der Waals surface area contributed by atoms with Crippen molar-refractivity contribution in [2.75, 3.05) is 0 Å². The average Bonchev–Trinajstić information content (AvgIpc) is 2.69. The lowest BCUT2D eigenvalue weighted by Crippen LogP contribution is -2.21. The lowest BCUT2D eigenvalue weighted by molar-refractivity contribution is 0.721. The van der Waals surface area contributed by atoms with Gasteiger partial charge >= 0.3 is 5.69 Å². The Bertz CT molecular complexity index is 508. The van der Waals surface area contributed by atoms with E-state index in [1.54, 1.807) is 12.3 Å². The monoisotopic (exact) mass is 241 g/mol. The molecular formula is C9H8ClN3OS. The smallest absolute Gasteiger partial charge is 0.292 e. The van der Waals surface area contributed by atoms with Crippen LogP contribution in [0.3, 0.4) is 0 Å². The Morgan fingerprint density at radius 2 is 2.40 bits per heavy atom. The lowest BCUT2D eigenvalue weighted by atomic mass is 10.5. The third kappa shape index (κ3) is 2.43. The van der Waals surface area contributed by atoms with E-state index < -0.39 is 0 Å². The molecule has 78 valence electrons. The van der Waals surface area contributed by atoms with Crippen molar-refractivity contribution in [3.63, 3.8) is 0 Å². The summed E-state index contributed by atoms with van der Waals surface area (Å²) in [7, 11) is 0. The quantitative estimate of drug-likeness (QED) is 0.765. The number of rotatable bonds is 3. The van der Waals surface area contributed by atoms with Gasteiger partial charge in [0.2, 0.25) is 0 Å². The molecule has 0 amide bonds. The Morgan fingerprint density at radius 1 is 1.53 bits per heavy atom. The standard InChI is InChI=1S/C9H8ClN3OS/c10-4-7-6-15-8(12-7)5-13-3-1-2-11-9(13)14/h1-3,6H,4-5H2. The van der Waals surface area contributed by atoms with E-state index in [0.29, 0.717) is 12.4 Å². The molecule has 2 aromatic rings. The number of nitrogens with zero attached hydrogens (tertiary/aromatic N) is 3. The lowest BCUT2D eigenvalue weighted by Gasteiger charge is -1.99. The first kappa shape index (κ1) is 10.3. The van der Waals surface area contributed by atoms with E-state index in [-0.39, 0.29) is 5.69 Å². The largest absolute Gasteiger partial charge is 0.347 e. The van der Waals surface area contributed by atoms with Crippen LogP contribution in [0.1, 0.15) is 10.7 Å².